The van der Waals surface area contributed by atoms with E-state index in [1.54, 1.807) is 0 Å². The van der Waals surface area contributed by atoms with Gasteiger partial charge in [-0.3, -0.25) is 0 Å². The summed E-state index contributed by atoms with van der Waals surface area (Å²) in [5.41, 5.74) is 10.7. The average Bonchev–Trinajstić information content (AvgIpc) is 3.97. The maximum Gasteiger partial charge on any atom is 0.166 e. The SMILES string of the molecule is c1ccc(-c2nc(-c3ccc4c5ccccc5n(-c5ccccc5)c4c3)nc(-c3cc4c(cc3-n3c5ccccc5c5cc6ccccc6cc53)oc3ccccc34)n2)cc1. The molecule has 0 saturated carbocycles. The number of furan rings is 1. The van der Waals surface area contributed by atoms with E-state index < -0.39 is 0 Å². The van der Waals surface area contributed by atoms with Gasteiger partial charge in [0.15, 0.2) is 17.5 Å². The highest BCUT2D eigenvalue weighted by molar-refractivity contribution is 6.15. The Morgan fingerprint density at radius 3 is 1.69 bits per heavy atom. The van der Waals surface area contributed by atoms with Crippen molar-refractivity contribution in [3.8, 4) is 45.5 Å². The van der Waals surface area contributed by atoms with Crippen LogP contribution in [-0.4, -0.2) is 24.1 Å². The van der Waals surface area contributed by atoms with Crippen LogP contribution in [0.2, 0.25) is 0 Å². The molecular weight excluding hydrogens is 747 g/mol. The van der Waals surface area contributed by atoms with Crippen LogP contribution < -0.4 is 0 Å². The van der Waals surface area contributed by atoms with Gasteiger partial charge in [-0.05, 0) is 65.4 Å². The van der Waals surface area contributed by atoms with Crippen molar-refractivity contribution >= 4 is 76.3 Å². The Morgan fingerprint density at radius 2 is 0.902 bits per heavy atom. The summed E-state index contributed by atoms with van der Waals surface area (Å²) >= 11 is 0. The number of benzene rings is 9. The molecule has 6 nitrogen and oxygen atoms in total. The molecule has 4 aromatic heterocycles. The average molecular weight is 780 g/mol. The van der Waals surface area contributed by atoms with Crippen molar-refractivity contribution in [2.45, 2.75) is 0 Å². The lowest BCUT2D eigenvalue weighted by atomic mass is 10.0. The quantitative estimate of drug-likeness (QED) is 0.175. The topological polar surface area (TPSA) is 61.7 Å². The van der Waals surface area contributed by atoms with Gasteiger partial charge in [0.25, 0.3) is 0 Å². The van der Waals surface area contributed by atoms with Gasteiger partial charge in [-0.15, -0.1) is 0 Å². The number of para-hydroxylation sites is 4. The fourth-order valence-electron chi connectivity index (χ4n) is 9.35. The molecule has 9 aromatic carbocycles. The summed E-state index contributed by atoms with van der Waals surface area (Å²) in [5.74, 6) is 1.76. The van der Waals surface area contributed by atoms with E-state index >= 15 is 0 Å². The minimum Gasteiger partial charge on any atom is -0.456 e. The van der Waals surface area contributed by atoms with Crippen LogP contribution in [0.1, 0.15) is 0 Å². The maximum atomic E-state index is 6.61. The highest BCUT2D eigenvalue weighted by atomic mass is 16.3. The van der Waals surface area contributed by atoms with E-state index in [0.29, 0.717) is 17.5 Å². The first-order valence-corrected chi connectivity index (χ1v) is 20.5. The zero-order valence-electron chi connectivity index (χ0n) is 32.7. The Kier molecular flexibility index (Phi) is 7.21. The van der Waals surface area contributed by atoms with Crippen LogP contribution in [-0.2, 0) is 0 Å². The zero-order valence-corrected chi connectivity index (χ0v) is 32.7. The molecule has 0 bridgehead atoms. The Bertz CT molecular complexity index is 3880. The first-order chi connectivity index (χ1) is 30.2. The third-order valence-corrected chi connectivity index (χ3v) is 12.1. The van der Waals surface area contributed by atoms with E-state index in [0.717, 1.165) is 72.1 Å². The van der Waals surface area contributed by atoms with Gasteiger partial charge in [-0.1, -0.05) is 140 Å². The first-order valence-electron chi connectivity index (χ1n) is 20.5. The fraction of sp³-hybridized carbons (Fsp3) is 0. The summed E-state index contributed by atoms with van der Waals surface area (Å²) in [4.78, 5) is 16.0. The minimum atomic E-state index is 0.571. The van der Waals surface area contributed by atoms with Crippen LogP contribution in [0.15, 0.2) is 205 Å². The van der Waals surface area contributed by atoms with Crippen LogP contribution in [0, 0.1) is 0 Å². The van der Waals surface area contributed by atoms with Gasteiger partial charge in [0, 0.05) is 60.8 Å². The molecule has 0 N–H and O–H groups in total. The predicted octanol–water partition coefficient (Wildman–Crippen LogP) is 14.1. The molecule has 0 amide bonds. The lowest BCUT2D eigenvalue weighted by molar-refractivity contribution is 0.668. The largest absolute Gasteiger partial charge is 0.456 e. The molecule has 0 radical (unpaired) electrons. The van der Waals surface area contributed by atoms with E-state index in [4.69, 9.17) is 19.4 Å². The fourth-order valence-corrected chi connectivity index (χ4v) is 9.35. The van der Waals surface area contributed by atoms with Crippen molar-refractivity contribution in [3.63, 3.8) is 0 Å². The molecule has 61 heavy (non-hydrogen) atoms. The van der Waals surface area contributed by atoms with Crippen molar-refractivity contribution < 1.29 is 4.42 Å². The Morgan fingerprint density at radius 1 is 0.328 bits per heavy atom. The lowest BCUT2D eigenvalue weighted by Gasteiger charge is -2.15. The number of nitrogens with zero attached hydrogens (tertiary/aromatic N) is 5. The van der Waals surface area contributed by atoms with E-state index in [1.807, 2.05) is 30.3 Å². The molecule has 0 aliphatic carbocycles. The zero-order chi connectivity index (χ0) is 40.0. The van der Waals surface area contributed by atoms with Gasteiger partial charge in [0.05, 0.1) is 27.8 Å². The summed E-state index contributed by atoms with van der Waals surface area (Å²) in [7, 11) is 0. The van der Waals surface area contributed by atoms with Gasteiger partial charge in [0.1, 0.15) is 11.2 Å². The van der Waals surface area contributed by atoms with Gasteiger partial charge in [0.2, 0.25) is 0 Å². The number of aromatic nitrogens is 5. The standard InChI is InChI=1S/C55H33N5O/c1-3-15-34(16-4-1)53-56-54(37-27-28-41-39-21-9-12-24-46(39)59(48(41)31-37)38-19-5-2-6-20-38)58-55(57-53)45-32-44-42-23-11-14-26-51(42)61-52(44)33-50(45)60-47-25-13-10-22-40(47)43-29-35-17-7-8-18-36(35)30-49(43)60/h1-33H. The molecule has 0 unspecified atom stereocenters. The van der Waals surface area contributed by atoms with E-state index in [1.165, 1.54) is 32.3 Å². The second kappa shape index (κ2) is 13.1. The Balaban J connectivity index is 1.13. The molecule has 13 rings (SSSR count). The first kappa shape index (κ1) is 33.6. The monoisotopic (exact) mass is 779 g/mol. The van der Waals surface area contributed by atoms with Crippen LogP contribution in [0.25, 0.3) is 122 Å². The molecule has 0 saturated heterocycles. The predicted molar refractivity (Wildman–Crippen MR) is 250 cm³/mol. The lowest BCUT2D eigenvalue weighted by Crippen LogP contribution is -2.04. The molecule has 284 valence electrons. The number of fused-ring (bicyclic) bond motifs is 10. The van der Waals surface area contributed by atoms with Crippen molar-refractivity contribution in [1.29, 1.82) is 0 Å². The number of hydrogen-bond donors (Lipinski definition) is 0. The molecule has 13 aromatic rings. The summed E-state index contributed by atoms with van der Waals surface area (Å²) in [6.45, 7) is 0. The maximum absolute atomic E-state index is 6.61. The van der Waals surface area contributed by atoms with Crippen molar-refractivity contribution in [2.24, 2.45) is 0 Å². The van der Waals surface area contributed by atoms with Crippen molar-refractivity contribution in [2.75, 3.05) is 0 Å². The number of hydrogen-bond acceptors (Lipinski definition) is 4. The molecule has 0 atom stereocenters. The molecule has 0 aliphatic rings. The normalized spacial score (nSPS) is 11.9. The Labute approximate surface area is 349 Å². The second-order valence-corrected chi connectivity index (χ2v) is 15.6. The smallest absolute Gasteiger partial charge is 0.166 e. The summed E-state index contributed by atoms with van der Waals surface area (Å²) in [5, 5.41) is 9.10. The highest BCUT2D eigenvalue weighted by Gasteiger charge is 2.23. The van der Waals surface area contributed by atoms with Gasteiger partial charge >= 0.3 is 0 Å². The van der Waals surface area contributed by atoms with E-state index in [2.05, 4.69) is 179 Å². The molecular formula is C55H33N5O. The molecule has 4 heterocycles. The molecule has 0 spiro atoms. The van der Waals surface area contributed by atoms with Crippen LogP contribution in [0.3, 0.4) is 0 Å². The van der Waals surface area contributed by atoms with Crippen LogP contribution in [0.4, 0.5) is 0 Å². The van der Waals surface area contributed by atoms with E-state index in [9.17, 15) is 0 Å². The minimum absolute atomic E-state index is 0.571. The second-order valence-electron chi connectivity index (χ2n) is 15.6. The van der Waals surface area contributed by atoms with Gasteiger partial charge in [-0.25, -0.2) is 15.0 Å². The molecule has 6 heteroatoms. The molecule has 0 fully saturated rings. The van der Waals surface area contributed by atoms with Crippen LogP contribution >= 0.6 is 0 Å². The third kappa shape index (κ3) is 5.19. The summed E-state index contributed by atoms with van der Waals surface area (Å²) in [6.07, 6.45) is 0. The van der Waals surface area contributed by atoms with Crippen molar-refractivity contribution in [3.05, 3.63) is 200 Å². The van der Waals surface area contributed by atoms with E-state index in [-0.39, 0.29) is 0 Å². The summed E-state index contributed by atoms with van der Waals surface area (Å²) < 4.78 is 11.3. The third-order valence-electron chi connectivity index (χ3n) is 12.1. The van der Waals surface area contributed by atoms with Gasteiger partial charge in [-0.2, -0.15) is 0 Å². The van der Waals surface area contributed by atoms with Crippen LogP contribution in [0.5, 0.6) is 0 Å². The number of rotatable bonds is 5. The Hall–Kier alpha value is -8.35. The van der Waals surface area contributed by atoms with Crippen molar-refractivity contribution in [1.82, 2.24) is 24.1 Å². The van der Waals surface area contributed by atoms with Gasteiger partial charge < -0.3 is 13.6 Å². The highest BCUT2D eigenvalue weighted by Crippen LogP contribution is 2.42. The summed E-state index contributed by atoms with van der Waals surface area (Å²) in [6, 6.07) is 70.3. The molecule has 0 aliphatic heterocycles.